The Bertz CT molecular complexity index is 333. The maximum Gasteiger partial charge on any atom is 0.340 e. The van der Waals surface area contributed by atoms with Crippen molar-refractivity contribution in [1.29, 1.82) is 0 Å². The Morgan fingerprint density at radius 2 is 2.31 bits per heavy atom. The van der Waals surface area contributed by atoms with Crippen LogP contribution in [0.2, 0.25) is 0 Å². The van der Waals surface area contributed by atoms with E-state index >= 15 is 0 Å². The predicted octanol–water partition coefficient (Wildman–Crippen LogP) is 1.54. The summed E-state index contributed by atoms with van der Waals surface area (Å²) in [5.41, 5.74) is 0.903. The first-order valence-electron chi connectivity index (χ1n) is 3.97. The molecular weight excluding hydrogens is 188 g/mol. The third-order valence-corrected chi connectivity index (χ3v) is 2.69. The van der Waals surface area contributed by atoms with E-state index in [1.807, 2.05) is 6.92 Å². The first-order chi connectivity index (χ1) is 6.07. The highest BCUT2D eigenvalue weighted by Gasteiger charge is 2.18. The summed E-state index contributed by atoms with van der Waals surface area (Å²) in [4.78, 5) is 10.9. The minimum Gasteiger partial charge on any atom is -0.478 e. The molecule has 0 aliphatic carbocycles. The molecule has 0 saturated carbocycles. The van der Waals surface area contributed by atoms with Gasteiger partial charge in [-0.1, -0.05) is 6.92 Å². The fourth-order valence-corrected chi connectivity index (χ4v) is 2.07. The molecule has 0 bridgehead atoms. The monoisotopic (exact) mass is 200 g/mol. The van der Waals surface area contributed by atoms with E-state index in [1.54, 1.807) is 18.7 Å². The van der Waals surface area contributed by atoms with Crippen molar-refractivity contribution in [1.82, 2.24) is 9.78 Å². The van der Waals surface area contributed by atoms with E-state index in [-0.39, 0.29) is 0 Å². The van der Waals surface area contributed by atoms with Crippen LogP contribution in [0.3, 0.4) is 0 Å². The lowest BCUT2D eigenvalue weighted by Gasteiger charge is -1.99. The largest absolute Gasteiger partial charge is 0.478 e. The molecule has 0 saturated heterocycles. The van der Waals surface area contributed by atoms with Crippen LogP contribution in [0, 0.1) is 6.92 Å². The number of carboxylic acid groups (broad SMARTS) is 1. The number of carboxylic acids is 1. The Labute approximate surface area is 80.9 Å². The number of aromatic nitrogens is 2. The Morgan fingerprint density at radius 3 is 2.77 bits per heavy atom. The van der Waals surface area contributed by atoms with Crippen molar-refractivity contribution in [2.45, 2.75) is 18.9 Å². The van der Waals surface area contributed by atoms with Gasteiger partial charge in [-0.15, -0.1) is 11.8 Å². The van der Waals surface area contributed by atoms with Crippen LogP contribution >= 0.6 is 11.8 Å². The van der Waals surface area contributed by atoms with E-state index in [0.29, 0.717) is 11.3 Å². The molecule has 0 radical (unpaired) electrons. The summed E-state index contributed by atoms with van der Waals surface area (Å²) < 4.78 is 1.62. The molecular formula is C8H12N2O2S. The highest BCUT2D eigenvalue weighted by Crippen LogP contribution is 2.24. The van der Waals surface area contributed by atoms with Crippen LogP contribution < -0.4 is 0 Å². The van der Waals surface area contributed by atoms with Crippen LogP contribution in [0.4, 0.5) is 0 Å². The molecule has 1 heterocycles. The first-order valence-corrected chi connectivity index (χ1v) is 4.96. The van der Waals surface area contributed by atoms with Crippen LogP contribution in [0.15, 0.2) is 5.03 Å². The van der Waals surface area contributed by atoms with E-state index in [4.69, 9.17) is 5.11 Å². The fourth-order valence-electron chi connectivity index (χ4n) is 1.19. The molecule has 0 aliphatic heterocycles. The number of hydrogen-bond donors (Lipinski definition) is 1. The van der Waals surface area contributed by atoms with Crippen molar-refractivity contribution in [2.75, 3.05) is 5.75 Å². The topological polar surface area (TPSA) is 55.1 Å². The van der Waals surface area contributed by atoms with Crippen LogP contribution in [-0.2, 0) is 7.05 Å². The third kappa shape index (κ3) is 1.85. The summed E-state index contributed by atoms with van der Waals surface area (Å²) in [7, 11) is 1.76. The maximum atomic E-state index is 10.9. The number of rotatable bonds is 3. The van der Waals surface area contributed by atoms with Gasteiger partial charge in [0.2, 0.25) is 0 Å². The molecule has 1 aromatic heterocycles. The van der Waals surface area contributed by atoms with Crippen molar-refractivity contribution >= 4 is 17.7 Å². The zero-order valence-corrected chi connectivity index (χ0v) is 8.68. The minimum atomic E-state index is -0.901. The standard InChI is InChI=1S/C8H12N2O2S/c1-4-13-7-6(8(11)12)5(2)9-10(7)3/h4H2,1-3H3,(H,11,12). The molecule has 4 nitrogen and oxygen atoms in total. The molecule has 72 valence electrons. The molecule has 13 heavy (non-hydrogen) atoms. The van der Waals surface area contributed by atoms with E-state index in [0.717, 1.165) is 10.8 Å². The Kier molecular flexibility index (Phi) is 2.98. The zero-order chi connectivity index (χ0) is 10.0. The van der Waals surface area contributed by atoms with Gasteiger partial charge in [-0.2, -0.15) is 5.10 Å². The molecule has 0 spiro atoms. The average Bonchev–Trinajstić information content (AvgIpc) is 2.27. The molecule has 1 N–H and O–H groups in total. The lowest BCUT2D eigenvalue weighted by atomic mass is 10.3. The summed E-state index contributed by atoms with van der Waals surface area (Å²) in [6.45, 7) is 3.70. The van der Waals surface area contributed by atoms with E-state index < -0.39 is 5.97 Å². The number of thioether (sulfide) groups is 1. The van der Waals surface area contributed by atoms with Gasteiger partial charge in [0.15, 0.2) is 0 Å². The lowest BCUT2D eigenvalue weighted by Crippen LogP contribution is -2.00. The van der Waals surface area contributed by atoms with Gasteiger partial charge in [-0.3, -0.25) is 4.68 Å². The van der Waals surface area contributed by atoms with Crippen LogP contribution in [0.1, 0.15) is 23.0 Å². The summed E-state index contributed by atoms with van der Waals surface area (Å²) in [5.74, 6) is -0.0549. The van der Waals surface area contributed by atoms with Gasteiger partial charge in [0.05, 0.1) is 5.69 Å². The Balaban J connectivity index is 3.20. The number of nitrogens with zero attached hydrogens (tertiary/aromatic N) is 2. The van der Waals surface area contributed by atoms with Gasteiger partial charge in [0, 0.05) is 7.05 Å². The molecule has 0 fully saturated rings. The quantitative estimate of drug-likeness (QED) is 0.752. The first kappa shape index (κ1) is 10.1. The molecule has 0 unspecified atom stereocenters. The molecule has 1 rings (SSSR count). The van der Waals surface area contributed by atoms with Crippen LogP contribution in [0.5, 0.6) is 0 Å². The second kappa shape index (κ2) is 3.83. The van der Waals surface area contributed by atoms with Crippen molar-refractivity contribution in [3.05, 3.63) is 11.3 Å². The summed E-state index contributed by atoms with van der Waals surface area (Å²) in [5, 5.41) is 13.7. The summed E-state index contributed by atoms with van der Waals surface area (Å²) >= 11 is 1.50. The van der Waals surface area contributed by atoms with Crippen molar-refractivity contribution in [2.24, 2.45) is 7.05 Å². The van der Waals surface area contributed by atoms with Gasteiger partial charge >= 0.3 is 5.97 Å². The minimum absolute atomic E-state index is 0.328. The van der Waals surface area contributed by atoms with E-state index in [1.165, 1.54) is 11.8 Å². The molecule has 0 atom stereocenters. The summed E-state index contributed by atoms with van der Waals surface area (Å²) in [6, 6.07) is 0. The van der Waals surface area contributed by atoms with Crippen LogP contribution in [-0.4, -0.2) is 26.6 Å². The van der Waals surface area contributed by atoms with Gasteiger partial charge < -0.3 is 5.11 Å². The molecule has 0 aliphatic rings. The lowest BCUT2D eigenvalue weighted by molar-refractivity contribution is 0.0692. The molecule has 1 aromatic rings. The fraction of sp³-hybridized carbons (Fsp3) is 0.500. The molecule has 0 aromatic carbocycles. The third-order valence-electron chi connectivity index (χ3n) is 1.66. The van der Waals surface area contributed by atoms with Crippen LogP contribution in [0.25, 0.3) is 0 Å². The zero-order valence-electron chi connectivity index (χ0n) is 7.87. The highest BCUT2D eigenvalue weighted by atomic mass is 32.2. The normalized spacial score (nSPS) is 10.4. The van der Waals surface area contributed by atoms with Gasteiger partial charge in [-0.25, -0.2) is 4.79 Å². The van der Waals surface area contributed by atoms with Crippen molar-refractivity contribution < 1.29 is 9.90 Å². The van der Waals surface area contributed by atoms with E-state index in [2.05, 4.69) is 5.10 Å². The van der Waals surface area contributed by atoms with Gasteiger partial charge in [-0.05, 0) is 12.7 Å². The van der Waals surface area contributed by atoms with Gasteiger partial charge in [0.1, 0.15) is 10.6 Å². The van der Waals surface area contributed by atoms with Crippen molar-refractivity contribution in [3.8, 4) is 0 Å². The Morgan fingerprint density at radius 1 is 1.69 bits per heavy atom. The summed E-state index contributed by atoms with van der Waals surface area (Å²) in [6.07, 6.45) is 0. The second-order valence-electron chi connectivity index (χ2n) is 2.63. The number of aromatic carboxylic acids is 1. The molecule has 5 heteroatoms. The Hall–Kier alpha value is -0.970. The predicted molar refractivity (Wildman–Crippen MR) is 51.3 cm³/mol. The average molecular weight is 200 g/mol. The maximum absolute atomic E-state index is 10.9. The number of carbonyl (C=O) groups is 1. The molecule has 0 amide bonds. The van der Waals surface area contributed by atoms with Gasteiger partial charge in [0.25, 0.3) is 0 Å². The second-order valence-corrected chi connectivity index (χ2v) is 3.88. The number of hydrogen-bond acceptors (Lipinski definition) is 3. The number of aryl methyl sites for hydroxylation is 2. The van der Waals surface area contributed by atoms with Crippen molar-refractivity contribution in [3.63, 3.8) is 0 Å². The highest BCUT2D eigenvalue weighted by molar-refractivity contribution is 7.99. The van der Waals surface area contributed by atoms with E-state index in [9.17, 15) is 4.79 Å². The smallest absolute Gasteiger partial charge is 0.340 e. The SMILES string of the molecule is CCSc1c(C(=O)O)c(C)nn1C.